The summed E-state index contributed by atoms with van der Waals surface area (Å²) in [5.41, 5.74) is 0.614. The minimum Gasteiger partial charge on any atom is -0.487 e. The van der Waals surface area contributed by atoms with Gasteiger partial charge in [-0.25, -0.2) is 4.39 Å². The van der Waals surface area contributed by atoms with Gasteiger partial charge < -0.3 is 10.1 Å². The average Bonchev–Trinajstić information content (AvgIpc) is 3.17. The molecule has 2 aliphatic rings. The Kier molecular flexibility index (Phi) is 5.50. The number of carbonyl (C=O) groups excluding carboxylic acids is 1. The Labute approximate surface area is 159 Å². The van der Waals surface area contributed by atoms with Crippen molar-refractivity contribution in [1.29, 1.82) is 0 Å². The van der Waals surface area contributed by atoms with Crippen molar-refractivity contribution < 1.29 is 13.9 Å². The topological polar surface area (TPSA) is 41.6 Å². The Morgan fingerprint density at radius 3 is 2.41 bits per heavy atom. The summed E-state index contributed by atoms with van der Waals surface area (Å²) in [6.45, 7) is 3.53. The third-order valence-electron chi connectivity index (χ3n) is 5.66. The number of halogens is 1. The van der Waals surface area contributed by atoms with Crippen molar-refractivity contribution in [2.45, 2.75) is 25.0 Å². The molecule has 0 aliphatic carbocycles. The van der Waals surface area contributed by atoms with Gasteiger partial charge in [0.15, 0.2) is 5.78 Å². The lowest BCUT2D eigenvalue weighted by Crippen LogP contribution is -2.49. The van der Waals surface area contributed by atoms with Crippen LogP contribution in [0.2, 0.25) is 0 Å². The molecule has 1 unspecified atom stereocenters. The van der Waals surface area contributed by atoms with Crippen molar-refractivity contribution in [1.82, 2.24) is 10.2 Å². The van der Waals surface area contributed by atoms with Gasteiger partial charge in [-0.15, -0.1) is 0 Å². The first-order chi connectivity index (χ1) is 13.2. The van der Waals surface area contributed by atoms with Gasteiger partial charge in [0.2, 0.25) is 0 Å². The van der Waals surface area contributed by atoms with Crippen molar-refractivity contribution >= 4 is 5.78 Å². The molecule has 2 aromatic carbocycles. The number of ether oxygens (including phenoxy) is 1. The Morgan fingerprint density at radius 2 is 1.70 bits per heavy atom. The van der Waals surface area contributed by atoms with Crippen molar-refractivity contribution in [3.8, 4) is 5.75 Å². The third-order valence-corrected chi connectivity index (χ3v) is 5.66. The second-order valence-corrected chi connectivity index (χ2v) is 7.38. The molecular formula is C22H25FN2O2. The predicted molar refractivity (Wildman–Crippen MR) is 103 cm³/mol. The molecule has 4 nitrogen and oxygen atoms in total. The SMILES string of the molecule is O=C(c1ccc(F)cc1)C1CCN([C@H]2CNCC2Oc2ccccc2)CC1. The van der Waals surface area contributed by atoms with E-state index in [1.165, 1.54) is 12.1 Å². The van der Waals surface area contributed by atoms with E-state index in [9.17, 15) is 9.18 Å². The zero-order valence-electron chi connectivity index (χ0n) is 15.3. The Morgan fingerprint density at radius 1 is 1.00 bits per heavy atom. The Balaban J connectivity index is 1.34. The quantitative estimate of drug-likeness (QED) is 0.824. The maximum absolute atomic E-state index is 13.1. The Bertz CT molecular complexity index is 758. The predicted octanol–water partition coefficient (Wildman–Crippen LogP) is 3.14. The number of likely N-dealkylation sites (tertiary alicyclic amines) is 1. The molecule has 2 aromatic rings. The fraction of sp³-hybridized carbons (Fsp3) is 0.409. The molecule has 2 saturated heterocycles. The first-order valence-corrected chi connectivity index (χ1v) is 9.67. The molecule has 2 heterocycles. The number of para-hydroxylation sites is 1. The molecule has 0 aromatic heterocycles. The highest BCUT2D eigenvalue weighted by Gasteiger charge is 2.36. The number of benzene rings is 2. The number of carbonyl (C=O) groups is 1. The first kappa shape index (κ1) is 18.1. The highest BCUT2D eigenvalue weighted by atomic mass is 19.1. The number of ketones is 1. The van der Waals surface area contributed by atoms with E-state index in [0.717, 1.165) is 44.8 Å². The van der Waals surface area contributed by atoms with Crippen LogP contribution < -0.4 is 10.1 Å². The van der Waals surface area contributed by atoms with Gasteiger partial charge in [-0.2, -0.15) is 0 Å². The molecule has 0 bridgehead atoms. The summed E-state index contributed by atoms with van der Waals surface area (Å²) in [4.78, 5) is 15.1. The normalized spacial score (nSPS) is 24.0. The highest BCUT2D eigenvalue weighted by Crippen LogP contribution is 2.26. The van der Waals surface area contributed by atoms with Crippen LogP contribution in [0.1, 0.15) is 23.2 Å². The summed E-state index contributed by atoms with van der Waals surface area (Å²) in [6, 6.07) is 16.2. The molecular weight excluding hydrogens is 343 g/mol. The standard InChI is InChI=1S/C22H25FN2O2/c23-18-8-6-16(7-9-18)22(26)17-10-12-25(13-11-17)20-14-24-15-21(20)27-19-4-2-1-3-5-19/h1-9,17,20-21,24H,10-15H2/t20-,21?/m0/s1. The zero-order valence-corrected chi connectivity index (χ0v) is 15.3. The molecule has 0 saturated carbocycles. The van der Waals surface area contributed by atoms with Crippen LogP contribution in [0.3, 0.4) is 0 Å². The summed E-state index contributed by atoms with van der Waals surface area (Å²) < 4.78 is 19.3. The van der Waals surface area contributed by atoms with E-state index < -0.39 is 0 Å². The molecule has 2 atom stereocenters. The lowest BCUT2D eigenvalue weighted by Gasteiger charge is -2.37. The molecule has 0 radical (unpaired) electrons. The number of Topliss-reactive ketones (excluding diaryl/α,β-unsaturated/α-hetero) is 1. The first-order valence-electron chi connectivity index (χ1n) is 9.67. The van der Waals surface area contributed by atoms with E-state index in [0.29, 0.717) is 11.6 Å². The molecule has 2 fully saturated rings. The molecule has 142 valence electrons. The maximum Gasteiger partial charge on any atom is 0.166 e. The second-order valence-electron chi connectivity index (χ2n) is 7.38. The van der Waals surface area contributed by atoms with Crippen molar-refractivity contribution in [2.24, 2.45) is 5.92 Å². The van der Waals surface area contributed by atoms with E-state index in [1.807, 2.05) is 30.3 Å². The van der Waals surface area contributed by atoms with Crippen molar-refractivity contribution in [3.05, 3.63) is 66.0 Å². The van der Waals surface area contributed by atoms with Gasteiger partial charge in [-0.1, -0.05) is 18.2 Å². The van der Waals surface area contributed by atoms with Crippen LogP contribution in [0.4, 0.5) is 4.39 Å². The van der Waals surface area contributed by atoms with E-state index in [-0.39, 0.29) is 23.6 Å². The molecule has 5 heteroatoms. The van der Waals surface area contributed by atoms with Crippen LogP contribution in [0, 0.1) is 11.7 Å². The van der Waals surface area contributed by atoms with E-state index >= 15 is 0 Å². The maximum atomic E-state index is 13.1. The summed E-state index contributed by atoms with van der Waals surface area (Å²) >= 11 is 0. The van der Waals surface area contributed by atoms with Gasteiger partial charge in [-0.05, 0) is 62.3 Å². The van der Waals surface area contributed by atoms with Crippen LogP contribution in [0.5, 0.6) is 5.75 Å². The second kappa shape index (κ2) is 8.19. The van der Waals surface area contributed by atoms with Crippen LogP contribution in [-0.2, 0) is 0 Å². The van der Waals surface area contributed by atoms with Crippen LogP contribution >= 0.6 is 0 Å². The van der Waals surface area contributed by atoms with Crippen LogP contribution in [0.25, 0.3) is 0 Å². The molecule has 27 heavy (non-hydrogen) atoms. The number of hydrogen-bond acceptors (Lipinski definition) is 4. The molecule has 0 amide bonds. The van der Waals surface area contributed by atoms with Crippen molar-refractivity contribution in [2.75, 3.05) is 26.2 Å². The van der Waals surface area contributed by atoms with Gasteiger partial charge in [0.1, 0.15) is 17.7 Å². The molecule has 0 spiro atoms. The summed E-state index contributed by atoms with van der Waals surface area (Å²) in [6.07, 6.45) is 1.80. The summed E-state index contributed by atoms with van der Waals surface area (Å²) in [5, 5.41) is 3.44. The monoisotopic (exact) mass is 368 g/mol. The molecule has 4 rings (SSSR count). The number of nitrogens with one attached hydrogen (secondary N) is 1. The summed E-state index contributed by atoms with van der Waals surface area (Å²) in [5.74, 6) is 0.753. The summed E-state index contributed by atoms with van der Waals surface area (Å²) in [7, 11) is 0. The van der Waals surface area contributed by atoms with E-state index in [1.54, 1.807) is 12.1 Å². The minimum atomic E-state index is -0.306. The zero-order chi connectivity index (χ0) is 18.6. The lowest BCUT2D eigenvalue weighted by molar-refractivity contribution is 0.0620. The minimum absolute atomic E-state index is 0.0227. The fourth-order valence-corrected chi connectivity index (χ4v) is 4.14. The number of rotatable bonds is 5. The van der Waals surface area contributed by atoms with Gasteiger partial charge in [0, 0.05) is 24.6 Å². The van der Waals surface area contributed by atoms with Gasteiger partial charge in [0.25, 0.3) is 0 Å². The van der Waals surface area contributed by atoms with E-state index in [2.05, 4.69) is 10.2 Å². The Hall–Kier alpha value is -2.24. The van der Waals surface area contributed by atoms with Crippen LogP contribution in [0.15, 0.2) is 54.6 Å². The smallest absolute Gasteiger partial charge is 0.166 e. The lowest BCUT2D eigenvalue weighted by atomic mass is 9.88. The highest BCUT2D eigenvalue weighted by molar-refractivity contribution is 5.97. The van der Waals surface area contributed by atoms with E-state index in [4.69, 9.17) is 4.74 Å². The number of piperidine rings is 1. The average molecular weight is 368 g/mol. The number of hydrogen-bond donors (Lipinski definition) is 1. The fourth-order valence-electron chi connectivity index (χ4n) is 4.14. The van der Waals surface area contributed by atoms with Gasteiger partial charge in [-0.3, -0.25) is 9.69 Å². The van der Waals surface area contributed by atoms with Gasteiger partial charge in [0.05, 0.1) is 6.04 Å². The van der Waals surface area contributed by atoms with Crippen molar-refractivity contribution in [3.63, 3.8) is 0 Å². The molecule has 1 N–H and O–H groups in total. The third kappa shape index (κ3) is 4.20. The number of nitrogens with zero attached hydrogens (tertiary/aromatic N) is 1. The van der Waals surface area contributed by atoms with Gasteiger partial charge >= 0.3 is 0 Å². The van der Waals surface area contributed by atoms with Crippen LogP contribution in [-0.4, -0.2) is 49.0 Å². The largest absolute Gasteiger partial charge is 0.487 e. The molecule has 2 aliphatic heterocycles.